The maximum Gasteiger partial charge on any atom is 0.387 e. The smallest absolute Gasteiger partial charge is 0.387 e. The van der Waals surface area contributed by atoms with Gasteiger partial charge in [0.15, 0.2) is 0 Å². The van der Waals surface area contributed by atoms with E-state index in [1.165, 1.54) is 36.4 Å². The Morgan fingerprint density at radius 1 is 1.05 bits per heavy atom. The van der Waals surface area contributed by atoms with Gasteiger partial charge < -0.3 is 10.1 Å². The molecule has 0 bridgehead atoms. The number of ether oxygens (including phenoxy) is 1. The van der Waals surface area contributed by atoms with Crippen LogP contribution in [0, 0.1) is 5.82 Å². The van der Waals surface area contributed by atoms with Crippen LogP contribution in [0.15, 0.2) is 48.5 Å². The molecule has 6 heteroatoms. The second kappa shape index (κ2) is 6.98. The van der Waals surface area contributed by atoms with E-state index in [1.807, 2.05) is 0 Å². The zero-order valence-electron chi connectivity index (χ0n) is 11.7. The van der Waals surface area contributed by atoms with Crippen molar-refractivity contribution in [2.45, 2.75) is 19.6 Å². The van der Waals surface area contributed by atoms with E-state index in [1.54, 1.807) is 19.1 Å². The molecule has 2 aromatic carbocycles. The summed E-state index contributed by atoms with van der Waals surface area (Å²) in [6.07, 6.45) is 0. The van der Waals surface area contributed by atoms with Crippen molar-refractivity contribution in [3.8, 4) is 5.75 Å². The van der Waals surface area contributed by atoms with Crippen molar-refractivity contribution in [1.29, 1.82) is 0 Å². The summed E-state index contributed by atoms with van der Waals surface area (Å²) in [5, 5.41) is 2.74. The third-order valence-corrected chi connectivity index (χ3v) is 3.06. The second-order valence-corrected chi connectivity index (χ2v) is 4.65. The van der Waals surface area contributed by atoms with E-state index >= 15 is 0 Å². The van der Waals surface area contributed by atoms with Gasteiger partial charge in [0, 0.05) is 5.56 Å². The molecule has 0 spiro atoms. The van der Waals surface area contributed by atoms with Gasteiger partial charge in [-0.05, 0) is 48.9 Å². The van der Waals surface area contributed by atoms with E-state index < -0.39 is 6.61 Å². The minimum absolute atomic E-state index is 0.0156. The van der Waals surface area contributed by atoms with Gasteiger partial charge in [0.1, 0.15) is 11.6 Å². The van der Waals surface area contributed by atoms with Gasteiger partial charge in [-0.3, -0.25) is 4.79 Å². The van der Waals surface area contributed by atoms with Gasteiger partial charge in [0.2, 0.25) is 0 Å². The zero-order chi connectivity index (χ0) is 16.1. The molecule has 0 aliphatic carbocycles. The van der Waals surface area contributed by atoms with Gasteiger partial charge in [-0.1, -0.05) is 12.1 Å². The Balaban J connectivity index is 2.00. The Bertz CT molecular complexity index is 627. The van der Waals surface area contributed by atoms with Gasteiger partial charge in [0.05, 0.1) is 6.04 Å². The number of benzene rings is 2. The van der Waals surface area contributed by atoms with E-state index in [-0.39, 0.29) is 23.5 Å². The maximum absolute atomic E-state index is 12.9. The van der Waals surface area contributed by atoms with Crippen LogP contribution in [-0.2, 0) is 0 Å². The Labute approximate surface area is 125 Å². The van der Waals surface area contributed by atoms with E-state index in [9.17, 15) is 18.0 Å². The van der Waals surface area contributed by atoms with Crippen molar-refractivity contribution < 1.29 is 22.7 Å². The molecule has 1 N–H and O–H groups in total. The van der Waals surface area contributed by atoms with Crippen molar-refractivity contribution in [3.63, 3.8) is 0 Å². The quantitative estimate of drug-likeness (QED) is 0.909. The first-order valence-corrected chi connectivity index (χ1v) is 6.57. The lowest BCUT2D eigenvalue weighted by Crippen LogP contribution is -2.26. The molecule has 0 fully saturated rings. The Morgan fingerprint density at radius 2 is 1.64 bits per heavy atom. The van der Waals surface area contributed by atoms with E-state index in [0.717, 1.165) is 5.56 Å². The highest BCUT2D eigenvalue weighted by Gasteiger charge is 2.12. The number of rotatable bonds is 5. The highest BCUT2D eigenvalue weighted by molar-refractivity contribution is 5.94. The van der Waals surface area contributed by atoms with Crippen LogP contribution in [0.2, 0.25) is 0 Å². The van der Waals surface area contributed by atoms with E-state index in [0.29, 0.717) is 5.56 Å². The summed E-state index contributed by atoms with van der Waals surface area (Å²) in [6.45, 7) is -1.14. The van der Waals surface area contributed by atoms with Crippen molar-refractivity contribution in [2.75, 3.05) is 0 Å². The Morgan fingerprint density at radius 3 is 2.18 bits per heavy atom. The minimum Gasteiger partial charge on any atom is -0.435 e. The fourth-order valence-corrected chi connectivity index (χ4v) is 1.90. The van der Waals surface area contributed by atoms with Gasteiger partial charge in [-0.2, -0.15) is 8.78 Å². The van der Waals surface area contributed by atoms with Crippen LogP contribution < -0.4 is 10.1 Å². The van der Waals surface area contributed by atoms with Crippen molar-refractivity contribution >= 4 is 5.91 Å². The molecule has 3 nitrogen and oxygen atoms in total. The lowest BCUT2D eigenvalue weighted by atomic mass is 10.1. The van der Waals surface area contributed by atoms with E-state index in [2.05, 4.69) is 10.1 Å². The fourth-order valence-electron chi connectivity index (χ4n) is 1.90. The van der Waals surface area contributed by atoms with Crippen LogP contribution in [0.25, 0.3) is 0 Å². The van der Waals surface area contributed by atoms with Gasteiger partial charge in [-0.25, -0.2) is 4.39 Å². The molecule has 0 aliphatic rings. The number of carbonyl (C=O) groups is 1. The predicted octanol–water partition coefficient (Wildman–Crippen LogP) is 3.92. The molecule has 1 amide bonds. The third-order valence-electron chi connectivity index (χ3n) is 3.06. The predicted molar refractivity (Wildman–Crippen MR) is 75.4 cm³/mol. The molecule has 0 saturated carbocycles. The van der Waals surface area contributed by atoms with Crippen LogP contribution in [0.3, 0.4) is 0 Å². The summed E-state index contributed by atoms with van der Waals surface area (Å²) >= 11 is 0. The van der Waals surface area contributed by atoms with Crippen molar-refractivity contribution in [2.24, 2.45) is 0 Å². The third kappa shape index (κ3) is 4.25. The lowest BCUT2D eigenvalue weighted by molar-refractivity contribution is -0.0498. The summed E-state index contributed by atoms with van der Waals surface area (Å²) in [5.74, 6) is -0.726. The number of alkyl halides is 2. The monoisotopic (exact) mass is 309 g/mol. The molecule has 0 aromatic heterocycles. The molecule has 0 heterocycles. The average molecular weight is 309 g/mol. The highest BCUT2D eigenvalue weighted by atomic mass is 19.3. The summed E-state index contributed by atoms with van der Waals surface area (Å²) in [6, 6.07) is 10.9. The highest BCUT2D eigenvalue weighted by Crippen LogP contribution is 2.17. The Hall–Kier alpha value is -2.50. The molecule has 2 aromatic rings. The first-order valence-electron chi connectivity index (χ1n) is 6.57. The molecule has 2 rings (SSSR count). The SMILES string of the molecule is C[C@@H](NC(=O)c1ccc(OC(F)F)cc1)c1ccc(F)cc1. The molecule has 0 radical (unpaired) electrons. The molecule has 116 valence electrons. The van der Waals surface area contributed by atoms with Crippen molar-refractivity contribution in [3.05, 3.63) is 65.5 Å². The number of hydrogen-bond acceptors (Lipinski definition) is 2. The van der Waals surface area contributed by atoms with Crippen LogP contribution in [0.5, 0.6) is 5.75 Å². The van der Waals surface area contributed by atoms with Crippen LogP contribution in [0.4, 0.5) is 13.2 Å². The first kappa shape index (κ1) is 15.9. The molecule has 0 saturated heterocycles. The summed E-state index contributed by atoms with van der Waals surface area (Å²) in [7, 11) is 0. The van der Waals surface area contributed by atoms with Crippen LogP contribution in [-0.4, -0.2) is 12.5 Å². The molecule has 0 aliphatic heterocycles. The van der Waals surface area contributed by atoms with Crippen LogP contribution >= 0.6 is 0 Å². The molecule has 22 heavy (non-hydrogen) atoms. The number of amides is 1. The first-order chi connectivity index (χ1) is 10.5. The van der Waals surface area contributed by atoms with Gasteiger partial charge >= 0.3 is 6.61 Å². The number of hydrogen-bond donors (Lipinski definition) is 1. The normalized spacial score (nSPS) is 12.0. The summed E-state index contributed by atoms with van der Waals surface area (Å²) in [5.41, 5.74) is 1.07. The van der Waals surface area contributed by atoms with Crippen molar-refractivity contribution in [1.82, 2.24) is 5.32 Å². The fraction of sp³-hybridized carbons (Fsp3) is 0.188. The summed E-state index contributed by atoms with van der Waals surface area (Å²) in [4.78, 5) is 12.1. The molecular formula is C16H14F3NO2. The number of halogens is 3. The maximum atomic E-state index is 12.9. The van der Waals surface area contributed by atoms with Crippen LogP contribution in [0.1, 0.15) is 28.9 Å². The van der Waals surface area contributed by atoms with Gasteiger partial charge in [-0.15, -0.1) is 0 Å². The molecular weight excluding hydrogens is 295 g/mol. The Kier molecular flexibility index (Phi) is 5.04. The lowest BCUT2D eigenvalue weighted by Gasteiger charge is -2.14. The average Bonchev–Trinajstić information content (AvgIpc) is 2.48. The standard InChI is InChI=1S/C16H14F3NO2/c1-10(11-2-6-13(17)7-3-11)20-15(21)12-4-8-14(9-5-12)22-16(18)19/h2-10,16H,1H3,(H,20,21)/t10-/m1/s1. The van der Waals surface area contributed by atoms with Gasteiger partial charge in [0.25, 0.3) is 5.91 Å². The number of carbonyl (C=O) groups excluding carboxylic acids is 1. The molecule has 1 atom stereocenters. The largest absolute Gasteiger partial charge is 0.435 e. The topological polar surface area (TPSA) is 38.3 Å². The van der Waals surface area contributed by atoms with E-state index in [4.69, 9.17) is 0 Å². The zero-order valence-corrected chi connectivity index (χ0v) is 11.7. The number of nitrogens with one attached hydrogen (secondary N) is 1. The molecule has 0 unspecified atom stereocenters. The minimum atomic E-state index is -2.90. The second-order valence-electron chi connectivity index (χ2n) is 4.65. The summed E-state index contributed by atoms with van der Waals surface area (Å²) < 4.78 is 41.1.